The molecule has 6 aromatic rings. The summed E-state index contributed by atoms with van der Waals surface area (Å²) < 4.78 is 9.95. The van der Waals surface area contributed by atoms with E-state index in [1.165, 1.54) is 11.1 Å². The van der Waals surface area contributed by atoms with Gasteiger partial charge in [-0.15, -0.1) is 0 Å². The van der Waals surface area contributed by atoms with Crippen molar-refractivity contribution in [3.8, 4) is 0 Å². The van der Waals surface area contributed by atoms with Crippen molar-refractivity contribution < 1.29 is 19.1 Å². The number of hydrogen-bond acceptors (Lipinski definition) is 11. The Kier molecular flexibility index (Phi) is 24.6. The lowest BCUT2D eigenvalue weighted by molar-refractivity contribution is 0.120. The maximum absolute atomic E-state index is 12.0. The van der Waals surface area contributed by atoms with Crippen molar-refractivity contribution in [2.24, 2.45) is 21.5 Å². The van der Waals surface area contributed by atoms with Gasteiger partial charge < -0.3 is 41.4 Å². The average molecular weight is 1020 g/mol. The Balaban J connectivity index is 0.000000164. The van der Waals surface area contributed by atoms with E-state index in [2.05, 4.69) is 96.6 Å². The van der Waals surface area contributed by atoms with E-state index in [0.29, 0.717) is 44.0 Å². The fraction of sp³-hybridized carbons (Fsp3) is 0.286. The van der Waals surface area contributed by atoms with Crippen LogP contribution in [-0.2, 0) is 9.47 Å². The quantitative estimate of drug-likeness (QED) is 0.0593. The summed E-state index contributed by atoms with van der Waals surface area (Å²) in [6.07, 6.45) is 6.53. The van der Waals surface area contributed by atoms with Gasteiger partial charge in [0, 0.05) is 73.6 Å². The lowest BCUT2D eigenvalue weighted by atomic mass is 10.0. The monoisotopic (exact) mass is 1020 g/mol. The number of benzene rings is 6. The summed E-state index contributed by atoms with van der Waals surface area (Å²) in [6, 6.07) is 61.8. The van der Waals surface area contributed by atoms with Crippen LogP contribution in [0.4, 0.5) is 9.59 Å². The molecule has 0 radical (unpaired) electrons. The molecule has 396 valence electrons. The molecule has 4 fully saturated rings. The zero-order chi connectivity index (χ0) is 53.6. The van der Waals surface area contributed by atoms with Crippen LogP contribution in [-0.4, -0.2) is 129 Å². The number of aliphatic imine (C=N–C) groups is 2. The fourth-order valence-electron chi connectivity index (χ4n) is 8.59. The first-order valence-electron chi connectivity index (χ1n) is 26.3. The molecule has 4 aliphatic rings. The van der Waals surface area contributed by atoms with Crippen LogP contribution in [0.2, 0.25) is 0 Å². The molecule has 13 heteroatoms. The molecule has 0 spiro atoms. The minimum Gasteiger partial charge on any atom is -0.445 e. The zero-order valence-corrected chi connectivity index (χ0v) is 43.7. The van der Waals surface area contributed by atoms with E-state index in [1.54, 1.807) is 22.0 Å². The number of hydrogen-bond donors (Lipinski definition) is 5. The van der Waals surface area contributed by atoms with Crippen LogP contribution < -0.4 is 22.1 Å². The smallest absolute Gasteiger partial charge is 0.410 e. The molecule has 4 saturated heterocycles. The van der Waals surface area contributed by atoms with Crippen molar-refractivity contribution in [3.05, 3.63) is 241 Å². The molecule has 2 unspecified atom stereocenters. The van der Waals surface area contributed by atoms with E-state index in [9.17, 15) is 9.59 Å². The molecule has 0 bridgehead atoms. The minimum absolute atomic E-state index is 0.0756. The van der Waals surface area contributed by atoms with Crippen LogP contribution in [0.25, 0.3) is 0 Å². The van der Waals surface area contributed by atoms with E-state index in [-0.39, 0.29) is 37.5 Å². The summed E-state index contributed by atoms with van der Waals surface area (Å²) in [6.45, 7) is 14.3. The maximum Gasteiger partial charge on any atom is 0.410 e. The first-order valence-corrected chi connectivity index (χ1v) is 26.3. The minimum atomic E-state index is -0.293. The largest absolute Gasteiger partial charge is 0.445 e. The van der Waals surface area contributed by atoms with Crippen LogP contribution >= 0.6 is 0 Å². The maximum atomic E-state index is 12.0. The SMILES string of the molecule is C=CCOC(=O)N1CCC(N=C(c2ccccc2)c2ccccc2)C1.C=CCOC(=O)N1CC[C@@H](N)C1.N=C(c1ccccc1)c1ccccc1.N[C@@H]1CCNC1.c1ccc(C(=NC2CCNC2)c2ccccc2)cc1. The van der Waals surface area contributed by atoms with E-state index in [1.807, 2.05) is 109 Å². The van der Waals surface area contributed by atoms with Crippen molar-refractivity contribution in [2.45, 2.75) is 49.9 Å². The number of rotatable bonds is 12. The Morgan fingerprint density at radius 2 is 0.868 bits per heavy atom. The molecular formula is C63H75N9O4. The highest BCUT2D eigenvalue weighted by atomic mass is 16.6. The van der Waals surface area contributed by atoms with Gasteiger partial charge in [0.05, 0.1) is 29.2 Å². The van der Waals surface area contributed by atoms with Gasteiger partial charge in [-0.25, -0.2) is 9.59 Å². The summed E-state index contributed by atoms with van der Waals surface area (Å²) in [4.78, 5) is 36.4. The lowest BCUT2D eigenvalue weighted by Crippen LogP contribution is -2.32. The van der Waals surface area contributed by atoms with Crippen LogP contribution in [0.3, 0.4) is 0 Å². The molecule has 2 amide bonds. The van der Waals surface area contributed by atoms with Crippen molar-refractivity contribution >= 4 is 29.3 Å². The molecule has 0 aromatic heterocycles. The predicted octanol–water partition coefficient (Wildman–Crippen LogP) is 9.56. The van der Waals surface area contributed by atoms with E-state index < -0.39 is 0 Å². The van der Waals surface area contributed by atoms with Crippen molar-refractivity contribution in [1.29, 1.82) is 5.41 Å². The number of ether oxygens (including phenoxy) is 2. The van der Waals surface area contributed by atoms with Crippen LogP contribution in [0.5, 0.6) is 0 Å². The van der Waals surface area contributed by atoms with Crippen molar-refractivity contribution in [1.82, 2.24) is 20.4 Å². The van der Waals surface area contributed by atoms with E-state index >= 15 is 0 Å². The second kappa shape index (κ2) is 32.5. The Labute approximate surface area is 450 Å². The van der Waals surface area contributed by atoms with Crippen LogP contribution in [0.1, 0.15) is 59.1 Å². The first kappa shape index (κ1) is 57.5. The normalized spacial score (nSPS) is 18.0. The summed E-state index contributed by atoms with van der Waals surface area (Å²) in [5, 5.41) is 14.5. The predicted molar refractivity (Wildman–Crippen MR) is 310 cm³/mol. The Hall–Kier alpha value is -7.81. The first-order chi connectivity index (χ1) is 37.2. The van der Waals surface area contributed by atoms with Crippen LogP contribution in [0, 0.1) is 5.41 Å². The Morgan fingerprint density at radius 1 is 0.500 bits per heavy atom. The number of nitrogens with one attached hydrogen (secondary N) is 3. The summed E-state index contributed by atoms with van der Waals surface area (Å²) in [5.74, 6) is 0. The molecule has 4 aliphatic heterocycles. The molecule has 4 atom stereocenters. The third-order valence-corrected chi connectivity index (χ3v) is 12.6. The average Bonchev–Trinajstić information content (AvgIpc) is 4.36. The molecule has 0 aliphatic carbocycles. The number of nitrogens with zero attached hydrogens (tertiary/aromatic N) is 4. The number of carbonyl (C=O) groups excluding carboxylic acids is 2. The topological polar surface area (TPSA) is 184 Å². The number of likely N-dealkylation sites (tertiary alicyclic amines) is 2. The van der Waals surface area contributed by atoms with Crippen molar-refractivity contribution in [3.63, 3.8) is 0 Å². The summed E-state index contributed by atoms with van der Waals surface area (Å²) in [5.41, 5.74) is 20.2. The highest BCUT2D eigenvalue weighted by molar-refractivity contribution is 6.13. The number of amides is 2. The third-order valence-electron chi connectivity index (χ3n) is 12.6. The van der Waals surface area contributed by atoms with Gasteiger partial charge in [0.2, 0.25) is 0 Å². The van der Waals surface area contributed by atoms with Gasteiger partial charge in [-0.1, -0.05) is 207 Å². The Morgan fingerprint density at radius 3 is 1.20 bits per heavy atom. The van der Waals surface area contributed by atoms with E-state index in [4.69, 9.17) is 36.3 Å². The molecule has 7 N–H and O–H groups in total. The molecule has 0 saturated carbocycles. The number of carbonyl (C=O) groups is 2. The highest BCUT2D eigenvalue weighted by Crippen LogP contribution is 2.19. The summed E-state index contributed by atoms with van der Waals surface area (Å²) >= 11 is 0. The Bertz CT molecular complexity index is 2580. The zero-order valence-electron chi connectivity index (χ0n) is 43.7. The second-order valence-electron chi connectivity index (χ2n) is 18.5. The second-order valence-corrected chi connectivity index (χ2v) is 18.5. The van der Waals surface area contributed by atoms with Crippen molar-refractivity contribution in [2.75, 3.05) is 65.6 Å². The van der Waals surface area contributed by atoms with Gasteiger partial charge in [0.1, 0.15) is 13.2 Å². The fourth-order valence-corrected chi connectivity index (χ4v) is 8.59. The van der Waals surface area contributed by atoms with E-state index in [0.717, 1.165) is 85.5 Å². The molecular weight excluding hydrogens is 947 g/mol. The van der Waals surface area contributed by atoms with Gasteiger partial charge in [-0.2, -0.15) is 0 Å². The van der Waals surface area contributed by atoms with Gasteiger partial charge >= 0.3 is 12.2 Å². The standard InChI is InChI=1S/C21H22N2O2.C17H18N2.C13H11N.C8H14N2O2.C4H10N2/c1-2-15-25-21(24)23-14-13-19(16-23)22-20(17-9-5-3-6-10-17)18-11-7-4-8-12-18;1-3-7-14(8-4-1)17(15-9-5-2-6-10-15)19-16-11-12-18-13-16;14-13(11-7-3-1-4-8-11)12-9-5-2-6-10-12;1-2-5-12-8(11)10-4-3-7(9)6-10;5-4-1-2-6-3-4/h2-12,19H,1,13-16H2;1-10,16,18H,11-13H2;1-10,14H;2,7H,1,3-6,9H2;4,6H,1-3,5H2/t;;;7-;4-/m...11/s1. The highest BCUT2D eigenvalue weighted by Gasteiger charge is 2.28. The van der Waals surface area contributed by atoms with Gasteiger partial charge in [-0.3, -0.25) is 15.4 Å². The number of nitrogens with two attached hydrogens (primary N) is 2. The molecule has 10 rings (SSSR count). The van der Waals surface area contributed by atoms with Gasteiger partial charge in [-0.05, 0) is 49.9 Å². The van der Waals surface area contributed by atoms with Gasteiger partial charge in [0.25, 0.3) is 0 Å². The lowest BCUT2D eigenvalue weighted by Gasteiger charge is -2.15. The molecule has 4 heterocycles. The molecule has 76 heavy (non-hydrogen) atoms. The molecule has 6 aromatic carbocycles. The molecule has 13 nitrogen and oxygen atoms in total. The van der Waals surface area contributed by atoms with Gasteiger partial charge in [0.15, 0.2) is 0 Å². The van der Waals surface area contributed by atoms with Crippen LogP contribution in [0.15, 0.2) is 217 Å². The summed E-state index contributed by atoms with van der Waals surface area (Å²) in [7, 11) is 0. The third kappa shape index (κ3) is 19.5.